The van der Waals surface area contributed by atoms with E-state index in [0.29, 0.717) is 12.2 Å². The van der Waals surface area contributed by atoms with E-state index in [2.05, 4.69) is 10.6 Å². The molecule has 1 aromatic carbocycles. The summed E-state index contributed by atoms with van der Waals surface area (Å²) in [7, 11) is 0. The average Bonchev–Trinajstić information content (AvgIpc) is 2.51. The number of ether oxygens (including phenoxy) is 1. The second-order valence-electron chi connectivity index (χ2n) is 6.42. The molecule has 7 nitrogen and oxygen atoms in total. The summed E-state index contributed by atoms with van der Waals surface area (Å²) >= 11 is 0. The second-order valence-corrected chi connectivity index (χ2v) is 6.42. The maximum atomic E-state index is 11.8. The van der Waals surface area contributed by atoms with Crippen LogP contribution >= 0.6 is 0 Å². The maximum absolute atomic E-state index is 11.8. The second kappa shape index (κ2) is 9.66. The lowest BCUT2D eigenvalue weighted by atomic mass is 10.0. The van der Waals surface area contributed by atoms with Crippen molar-refractivity contribution in [3.05, 3.63) is 29.3 Å². The van der Waals surface area contributed by atoms with Crippen LogP contribution in [-0.4, -0.2) is 42.1 Å². The highest BCUT2D eigenvalue weighted by Gasteiger charge is 2.21. The van der Waals surface area contributed by atoms with Crippen molar-refractivity contribution in [3.8, 4) is 5.75 Å². The number of benzene rings is 1. The lowest BCUT2D eigenvalue weighted by Crippen LogP contribution is -2.46. The number of carboxylic acids is 1. The van der Waals surface area contributed by atoms with E-state index in [-0.39, 0.29) is 19.1 Å². The zero-order chi connectivity index (χ0) is 19.0. The molecule has 0 saturated carbocycles. The van der Waals surface area contributed by atoms with Crippen LogP contribution in [-0.2, 0) is 14.4 Å². The van der Waals surface area contributed by atoms with Crippen LogP contribution < -0.4 is 15.4 Å². The van der Waals surface area contributed by atoms with E-state index >= 15 is 0 Å². The van der Waals surface area contributed by atoms with Gasteiger partial charge in [-0.3, -0.25) is 9.59 Å². The summed E-state index contributed by atoms with van der Waals surface area (Å²) in [6, 6.07) is 4.65. The van der Waals surface area contributed by atoms with Gasteiger partial charge in [0.25, 0.3) is 5.91 Å². The van der Waals surface area contributed by atoms with Crippen LogP contribution in [0.4, 0.5) is 0 Å². The molecular weight excluding hydrogens is 324 g/mol. The van der Waals surface area contributed by atoms with Gasteiger partial charge in [0.1, 0.15) is 11.8 Å². The van der Waals surface area contributed by atoms with Crippen molar-refractivity contribution in [1.29, 1.82) is 0 Å². The topological polar surface area (TPSA) is 105 Å². The molecule has 138 valence electrons. The number of amides is 2. The molecule has 7 heteroatoms. The molecule has 0 spiro atoms. The molecule has 0 unspecified atom stereocenters. The molecule has 0 aromatic heterocycles. The number of hydrogen-bond donors (Lipinski definition) is 3. The molecule has 0 heterocycles. The third-order valence-electron chi connectivity index (χ3n) is 3.48. The predicted octanol–water partition coefficient (Wildman–Crippen LogP) is 1.41. The number of hydrogen-bond acceptors (Lipinski definition) is 4. The Morgan fingerprint density at radius 2 is 1.84 bits per heavy atom. The lowest BCUT2D eigenvalue weighted by Gasteiger charge is -2.16. The molecule has 0 bridgehead atoms. The molecule has 0 radical (unpaired) electrons. The summed E-state index contributed by atoms with van der Waals surface area (Å²) in [6.07, 6.45) is 0.324. The molecule has 0 fully saturated rings. The van der Waals surface area contributed by atoms with Crippen molar-refractivity contribution in [1.82, 2.24) is 10.6 Å². The van der Waals surface area contributed by atoms with Gasteiger partial charge in [-0.1, -0.05) is 31.5 Å². The minimum atomic E-state index is -1.09. The van der Waals surface area contributed by atoms with E-state index in [1.807, 2.05) is 39.8 Å². The number of carbonyl (C=O) groups excluding carboxylic acids is 2. The van der Waals surface area contributed by atoms with Crippen molar-refractivity contribution in [2.75, 3.05) is 13.2 Å². The minimum Gasteiger partial charge on any atom is -0.484 e. The Morgan fingerprint density at radius 3 is 2.40 bits per heavy atom. The van der Waals surface area contributed by atoms with Crippen molar-refractivity contribution >= 4 is 17.8 Å². The molecule has 3 N–H and O–H groups in total. The minimum absolute atomic E-state index is 0.127. The van der Waals surface area contributed by atoms with Crippen LogP contribution in [0.5, 0.6) is 5.75 Å². The monoisotopic (exact) mass is 350 g/mol. The summed E-state index contributed by atoms with van der Waals surface area (Å²) in [6.45, 7) is 7.07. The highest BCUT2D eigenvalue weighted by atomic mass is 16.5. The van der Waals surface area contributed by atoms with Crippen LogP contribution in [0.2, 0.25) is 0 Å². The summed E-state index contributed by atoms with van der Waals surface area (Å²) in [5.74, 6) is -1.36. The van der Waals surface area contributed by atoms with Gasteiger partial charge in [-0.15, -0.1) is 0 Å². The zero-order valence-electron chi connectivity index (χ0n) is 15.1. The third kappa shape index (κ3) is 7.69. The number of carbonyl (C=O) groups is 3. The van der Waals surface area contributed by atoms with Crippen LogP contribution in [0.25, 0.3) is 0 Å². The first-order valence-electron chi connectivity index (χ1n) is 8.18. The first kappa shape index (κ1) is 20.5. The van der Waals surface area contributed by atoms with Crippen LogP contribution in [0, 0.1) is 19.8 Å². The standard InChI is InChI=1S/C18H26N2O5/c1-11(2)7-14(18(23)24)20-16(21)9-19-17(22)10-25-15-6-5-12(3)8-13(15)4/h5-6,8,11,14H,7,9-10H2,1-4H3,(H,19,22)(H,20,21)(H,23,24)/t14-/m0/s1. The van der Waals surface area contributed by atoms with E-state index < -0.39 is 23.8 Å². The Kier molecular flexibility index (Phi) is 7.91. The largest absolute Gasteiger partial charge is 0.484 e. The Bertz CT molecular complexity index is 628. The van der Waals surface area contributed by atoms with Crippen molar-refractivity contribution < 1.29 is 24.2 Å². The smallest absolute Gasteiger partial charge is 0.326 e. The van der Waals surface area contributed by atoms with E-state index in [4.69, 9.17) is 9.84 Å². The van der Waals surface area contributed by atoms with Crippen LogP contribution in [0.3, 0.4) is 0 Å². The van der Waals surface area contributed by atoms with Crippen molar-refractivity contribution in [2.45, 2.75) is 40.2 Å². The molecular formula is C18H26N2O5. The number of rotatable bonds is 9. The van der Waals surface area contributed by atoms with Gasteiger partial charge in [0.15, 0.2) is 6.61 Å². The van der Waals surface area contributed by atoms with Gasteiger partial charge in [0.05, 0.1) is 6.54 Å². The van der Waals surface area contributed by atoms with Crippen LogP contribution in [0.15, 0.2) is 18.2 Å². The first-order valence-corrected chi connectivity index (χ1v) is 8.18. The fourth-order valence-corrected chi connectivity index (χ4v) is 2.27. The first-order chi connectivity index (χ1) is 11.7. The van der Waals surface area contributed by atoms with Gasteiger partial charge in [0, 0.05) is 0 Å². The third-order valence-corrected chi connectivity index (χ3v) is 3.48. The van der Waals surface area contributed by atoms with E-state index in [0.717, 1.165) is 11.1 Å². The fourth-order valence-electron chi connectivity index (χ4n) is 2.27. The van der Waals surface area contributed by atoms with Crippen molar-refractivity contribution in [3.63, 3.8) is 0 Å². The summed E-state index contributed by atoms with van der Waals surface area (Å²) in [5, 5.41) is 13.9. The quantitative estimate of drug-likeness (QED) is 0.625. The number of aliphatic carboxylic acids is 1. The van der Waals surface area contributed by atoms with Gasteiger partial charge in [-0.25, -0.2) is 4.79 Å². The predicted molar refractivity (Wildman–Crippen MR) is 93.4 cm³/mol. The summed E-state index contributed by atoms with van der Waals surface area (Å²) < 4.78 is 5.42. The number of aryl methyl sites for hydroxylation is 2. The average molecular weight is 350 g/mol. The van der Waals surface area contributed by atoms with Gasteiger partial charge < -0.3 is 20.5 Å². The molecule has 1 atom stereocenters. The van der Waals surface area contributed by atoms with Gasteiger partial charge >= 0.3 is 5.97 Å². The lowest BCUT2D eigenvalue weighted by molar-refractivity contribution is -0.142. The van der Waals surface area contributed by atoms with Crippen LogP contribution in [0.1, 0.15) is 31.4 Å². The normalized spacial score (nSPS) is 11.7. The molecule has 0 aliphatic carbocycles. The summed E-state index contributed by atoms with van der Waals surface area (Å²) in [5.41, 5.74) is 2.02. The van der Waals surface area contributed by atoms with Crippen molar-refractivity contribution in [2.24, 2.45) is 5.92 Å². The Labute approximate surface area is 147 Å². The van der Waals surface area contributed by atoms with Gasteiger partial charge in [0.2, 0.25) is 5.91 Å². The molecule has 0 saturated heterocycles. The Hall–Kier alpha value is -2.57. The highest BCUT2D eigenvalue weighted by Crippen LogP contribution is 2.18. The highest BCUT2D eigenvalue weighted by molar-refractivity contribution is 5.88. The molecule has 0 aliphatic rings. The van der Waals surface area contributed by atoms with E-state index in [1.54, 1.807) is 6.07 Å². The zero-order valence-corrected chi connectivity index (χ0v) is 15.1. The fraction of sp³-hybridized carbons (Fsp3) is 0.500. The van der Waals surface area contributed by atoms with Gasteiger partial charge in [-0.05, 0) is 37.8 Å². The molecule has 2 amide bonds. The maximum Gasteiger partial charge on any atom is 0.326 e. The molecule has 0 aliphatic heterocycles. The van der Waals surface area contributed by atoms with Gasteiger partial charge in [-0.2, -0.15) is 0 Å². The number of nitrogens with one attached hydrogen (secondary N) is 2. The van der Waals surface area contributed by atoms with E-state index in [9.17, 15) is 14.4 Å². The Morgan fingerprint density at radius 1 is 1.16 bits per heavy atom. The molecule has 1 rings (SSSR count). The number of carboxylic acid groups (broad SMARTS) is 1. The van der Waals surface area contributed by atoms with E-state index in [1.165, 1.54) is 0 Å². The molecule has 25 heavy (non-hydrogen) atoms. The Balaban J connectivity index is 2.39. The summed E-state index contributed by atoms with van der Waals surface area (Å²) in [4.78, 5) is 34.6. The molecule has 1 aromatic rings. The SMILES string of the molecule is Cc1ccc(OCC(=O)NCC(=O)N[C@@H](CC(C)C)C(=O)O)c(C)c1.